The number of aliphatic hydroxyl groups excluding tert-OH is 1. The number of nitrogens with one attached hydrogen (secondary N) is 1. The van der Waals surface area contributed by atoms with Crippen molar-refractivity contribution in [2.45, 2.75) is 27.3 Å². The van der Waals surface area contributed by atoms with Crippen LogP contribution in [0.15, 0.2) is 24.7 Å². The van der Waals surface area contributed by atoms with Crippen LogP contribution in [0.5, 0.6) is 0 Å². The molecule has 3 aromatic heterocycles. The van der Waals surface area contributed by atoms with E-state index < -0.39 is 0 Å². The van der Waals surface area contributed by atoms with Crippen LogP contribution in [0.4, 0.5) is 11.6 Å². The van der Waals surface area contributed by atoms with E-state index in [-0.39, 0.29) is 6.61 Å². The summed E-state index contributed by atoms with van der Waals surface area (Å²) in [5.41, 5.74) is 4.16. The summed E-state index contributed by atoms with van der Waals surface area (Å²) in [7, 11) is 0. The minimum absolute atomic E-state index is 0.0796. The van der Waals surface area contributed by atoms with E-state index in [4.69, 9.17) is 0 Å². The summed E-state index contributed by atoms with van der Waals surface area (Å²) in [6, 6.07) is 3.93. The average molecular weight is 297 g/mol. The highest BCUT2D eigenvalue weighted by Gasteiger charge is 2.16. The van der Waals surface area contributed by atoms with Crippen LogP contribution in [0.2, 0.25) is 0 Å². The van der Waals surface area contributed by atoms with Crippen molar-refractivity contribution in [2.24, 2.45) is 0 Å². The van der Waals surface area contributed by atoms with Gasteiger partial charge in [-0.15, -0.1) is 0 Å². The van der Waals surface area contributed by atoms with Crippen LogP contribution in [0.25, 0.3) is 11.0 Å². The Kier molecular flexibility index (Phi) is 3.77. The third kappa shape index (κ3) is 2.42. The number of aliphatic hydroxyl groups is 1. The van der Waals surface area contributed by atoms with E-state index in [1.165, 1.54) is 6.33 Å². The number of hydrogen-bond acceptors (Lipinski definition) is 5. The van der Waals surface area contributed by atoms with Crippen molar-refractivity contribution < 1.29 is 5.11 Å². The fraction of sp³-hybridized carbons (Fsp3) is 0.312. The second-order valence-electron chi connectivity index (χ2n) is 5.35. The van der Waals surface area contributed by atoms with E-state index in [2.05, 4.69) is 20.3 Å². The smallest absolute Gasteiger partial charge is 0.146 e. The highest BCUT2D eigenvalue weighted by atomic mass is 16.3. The third-order valence-corrected chi connectivity index (χ3v) is 3.89. The van der Waals surface area contributed by atoms with Crippen molar-refractivity contribution in [3.8, 4) is 0 Å². The summed E-state index contributed by atoms with van der Waals surface area (Å²) in [5, 5.41) is 13.5. The number of aromatic nitrogens is 4. The molecule has 0 aromatic carbocycles. The fourth-order valence-electron chi connectivity index (χ4n) is 2.66. The fourth-order valence-corrected chi connectivity index (χ4v) is 2.66. The Morgan fingerprint density at radius 2 is 2.00 bits per heavy atom. The van der Waals surface area contributed by atoms with Crippen LogP contribution in [0.1, 0.15) is 16.8 Å². The quantitative estimate of drug-likeness (QED) is 0.773. The van der Waals surface area contributed by atoms with Crippen LogP contribution in [0, 0.1) is 20.8 Å². The van der Waals surface area contributed by atoms with E-state index in [0.717, 1.165) is 39.5 Å². The minimum Gasteiger partial charge on any atom is -0.395 e. The molecule has 3 heterocycles. The Morgan fingerprint density at radius 3 is 2.73 bits per heavy atom. The maximum Gasteiger partial charge on any atom is 0.146 e. The first-order valence-electron chi connectivity index (χ1n) is 7.22. The molecule has 0 atom stereocenters. The molecule has 0 aliphatic heterocycles. The Balaban J connectivity index is 2.13. The van der Waals surface area contributed by atoms with E-state index in [1.807, 2.05) is 37.5 Å². The molecule has 0 fully saturated rings. The van der Waals surface area contributed by atoms with Gasteiger partial charge < -0.3 is 15.0 Å². The highest BCUT2D eigenvalue weighted by molar-refractivity contribution is 5.93. The number of fused-ring (bicyclic) bond motifs is 1. The lowest BCUT2D eigenvalue weighted by atomic mass is 10.2. The van der Waals surface area contributed by atoms with Crippen LogP contribution < -0.4 is 5.32 Å². The molecule has 0 bridgehead atoms. The Hall–Kier alpha value is -2.47. The van der Waals surface area contributed by atoms with Crippen molar-refractivity contribution in [1.82, 2.24) is 19.5 Å². The zero-order valence-corrected chi connectivity index (χ0v) is 13.0. The monoisotopic (exact) mass is 297 g/mol. The lowest BCUT2D eigenvalue weighted by Crippen LogP contribution is -2.05. The summed E-state index contributed by atoms with van der Waals surface area (Å²) < 4.78 is 2.02. The maximum absolute atomic E-state index is 9.26. The molecule has 0 aliphatic carbocycles. The molecule has 6 nitrogen and oxygen atoms in total. The van der Waals surface area contributed by atoms with Gasteiger partial charge in [0.1, 0.15) is 23.6 Å². The molecule has 0 amide bonds. The summed E-state index contributed by atoms with van der Waals surface area (Å²) in [5.74, 6) is 1.49. The normalized spacial score (nSPS) is 11.1. The summed E-state index contributed by atoms with van der Waals surface area (Å²) in [4.78, 5) is 13.1. The van der Waals surface area contributed by atoms with E-state index in [0.29, 0.717) is 6.54 Å². The average Bonchev–Trinajstić information content (AvgIpc) is 2.74. The van der Waals surface area contributed by atoms with Gasteiger partial charge in [0.15, 0.2) is 0 Å². The lowest BCUT2D eigenvalue weighted by Gasteiger charge is -2.07. The Morgan fingerprint density at radius 1 is 1.18 bits per heavy atom. The van der Waals surface area contributed by atoms with Gasteiger partial charge in [0.25, 0.3) is 0 Å². The zero-order chi connectivity index (χ0) is 15.7. The SMILES string of the molecule is Cc1ccnc(Nc2ncnc3c2c(C)c(C)n3CCO)c1. The molecule has 22 heavy (non-hydrogen) atoms. The number of rotatable bonds is 4. The Bertz CT molecular complexity index is 825. The maximum atomic E-state index is 9.26. The second-order valence-corrected chi connectivity index (χ2v) is 5.35. The molecule has 3 rings (SSSR count). The van der Waals surface area contributed by atoms with E-state index in [9.17, 15) is 5.11 Å². The predicted molar refractivity (Wildman–Crippen MR) is 86.3 cm³/mol. The molecule has 0 spiro atoms. The molecular weight excluding hydrogens is 278 g/mol. The molecule has 0 saturated heterocycles. The molecule has 6 heteroatoms. The minimum atomic E-state index is 0.0796. The number of nitrogens with zero attached hydrogens (tertiary/aromatic N) is 4. The van der Waals surface area contributed by atoms with Crippen LogP contribution in [-0.2, 0) is 6.54 Å². The van der Waals surface area contributed by atoms with E-state index >= 15 is 0 Å². The number of pyridine rings is 1. The highest BCUT2D eigenvalue weighted by Crippen LogP contribution is 2.29. The van der Waals surface area contributed by atoms with Crippen LogP contribution in [0.3, 0.4) is 0 Å². The van der Waals surface area contributed by atoms with Crippen molar-refractivity contribution in [1.29, 1.82) is 0 Å². The van der Waals surface area contributed by atoms with Gasteiger partial charge in [0, 0.05) is 18.4 Å². The summed E-state index contributed by atoms with van der Waals surface area (Å²) in [6.07, 6.45) is 3.30. The standard InChI is InChI=1S/C16H19N5O/c1-10-4-5-17-13(8-10)20-15-14-11(2)12(3)21(6-7-22)16(14)19-9-18-15/h4-5,8-9,22H,6-7H2,1-3H3,(H,17,18,19,20). The van der Waals surface area contributed by atoms with Crippen molar-refractivity contribution >= 4 is 22.7 Å². The van der Waals surface area contributed by atoms with Gasteiger partial charge in [-0.2, -0.15) is 0 Å². The number of anilines is 2. The summed E-state index contributed by atoms with van der Waals surface area (Å²) in [6.45, 7) is 6.70. The molecule has 0 saturated carbocycles. The number of aryl methyl sites for hydroxylation is 2. The van der Waals surface area contributed by atoms with Gasteiger partial charge >= 0.3 is 0 Å². The first-order valence-corrected chi connectivity index (χ1v) is 7.22. The van der Waals surface area contributed by atoms with Gasteiger partial charge in [-0.3, -0.25) is 0 Å². The molecule has 0 radical (unpaired) electrons. The molecule has 0 aliphatic rings. The van der Waals surface area contributed by atoms with Gasteiger partial charge in [0.2, 0.25) is 0 Å². The Labute approximate surface area is 128 Å². The second kappa shape index (κ2) is 5.73. The topological polar surface area (TPSA) is 75.9 Å². The van der Waals surface area contributed by atoms with Gasteiger partial charge in [-0.1, -0.05) is 0 Å². The van der Waals surface area contributed by atoms with Crippen LogP contribution in [-0.4, -0.2) is 31.2 Å². The number of hydrogen-bond donors (Lipinski definition) is 2. The summed E-state index contributed by atoms with van der Waals surface area (Å²) >= 11 is 0. The first kappa shape index (κ1) is 14.5. The van der Waals surface area contributed by atoms with Gasteiger partial charge in [-0.05, 0) is 44.0 Å². The molecule has 2 N–H and O–H groups in total. The molecule has 3 aromatic rings. The van der Waals surface area contributed by atoms with Crippen molar-refractivity contribution in [2.75, 3.05) is 11.9 Å². The molecular formula is C16H19N5O. The first-order chi connectivity index (χ1) is 10.6. The van der Waals surface area contributed by atoms with E-state index in [1.54, 1.807) is 6.20 Å². The molecule has 114 valence electrons. The van der Waals surface area contributed by atoms with Crippen LogP contribution >= 0.6 is 0 Å². The third-order valence-electron chi connectivity index (χ3n) is 3.89. The lowest BCUT2D eigenvalue weighted by molar-refractivity contribution is 0.276. The van der Waals surface area contributed by atoms with Gasteiger partial charge in [-0.25, -0.2) is 15.0 Å². The predicted octanol–water partition coefficient (Wildman–Crippen LogP) is 2.49. The zero-order valence-electron chi connectivity index (χ0n) is 13.0. The largest absolute Gasteiger partial charge is 0.395 e. The van der Waals surface area contributed by atoms with Gasteiger partial charge in [0.05, 0.1) is 12.0 Å². The molecule has 0 unspecified atom stereocenters. The van der Waals surface area contributed by atoms with Crippen molar-refractivity contribution in [3.05, 3.63) is 41.5 Å². The van der Waals surface area contributed by atoms with Crippen molar-refractivity contribution in [3.63, 3.8) is 0 Å².